The Kier molecular flexibility index (Phi) is 4.78. The SMILES string of the molecule is COC1CC(N2CCN(CC3CCCCC3)CC2)C1. The number of hydrogen-bond donors (Lipinski definition) is 0. The molecule has 1 aliphatic heterocycles. The zero-order valence-electron chi connectivity index (χ0n) is 12.5. The molecule has 19 heavy (non-hydrogen) atoms. The smallest absolute Gasteiger partial charge is 0.0601 e. The molecule has 0 radical (unpaired) electrons. The van der Waals surface area contributed by atoms with Crippen molar-refractivity contribution in [3.63, 3.8) is 0 Å². The minimum Gasteiger partial charge on any atom is -0.381 e. The van der Waals surface area contributed by atoms with Gasteiger partial charge in [0.1, 0.15) is 0 Å². The Hall–Kier alpha value is -0.120. The van der Waals surface area contributed by atoms with Crippen molar-refractivity contribution in [2.75, 3.05) is 39.8 Å². The molecular weight excluding hydrogens is 236 g/mol. The highest BCUT2D eigenvalue weighted by molar-refractivity contribution is 4.90. The van der Waals surface area contributed by atoms with E-state index in [4.69, 9.17) is 4.74 Å². The van der Waals surface area contributed by atoms with E-state index in [0.717, 1.165) is 12.0 Å². The van der Waals surface area contributed by atoms with Gasteiger partial charge in [-0.1, -0.05) is 19.3 Å². The number of hydrogen-bond acceptors (Lipinski definition) is 3. The monoisotopic (exact) mass is 266 g/mol. The lowest BCUT2D eigenvalue weighted by Crippen LogP contribution is -2.55. The highest BCUT2D eigenvalue weighted by Crippen LogP contribution is 2.29. The van der Waals surface area contributed by atoms with Crippen LogP contribution in [0.4, 0.5) is 0 Å². The summed E-state index contributed by atoms with van der Waals surface area (Å²) >= 11 is 0. The Morgan fingerprint density at radius 2 is 1.63 bits per heavy atom. The molecular formula is C16H30N2O. The van der Waals surface area contributed by atoms with E-state index < -0.39 is 0 Å². The van der Waals surface area contributed by atoms with Crippen molar-refractivity contribution in [1.82, 2.24) is 9.80 Å². The number of rotatable bonds is 4. The molecule has 1 heterocycles. The van der Waals surface area contributed by atoms with Gasteiger partial charge in [0.15, 0.2) is 0 Å². The highest BCUT2D eigenvalue weighted by Gasteiger charge is 2.35. The van der Waals surface area contributed by atoms with Crippen LogP contribution in [0.25, 0.3) is 0 Å². The molecule has 3 aliphatic rings. The first-order valence-corrected chi connectivity index (χ1v) is 8.34. The zero-order chi connectivity index (χ0) is 13.1. The maximum atomic E-state index is 5.39. The number of ether oxygens (including phenoxy) is 1. The van der Waals surface area contributed by atoms with E-state index in [1.807, 2.05) is 7.11 Å². The van der Waals surface area contributed by atoms with Gasteiger partial charge in [0.25, 0.3) is 0 Å². The van der Waals surface area contributed by atoms with E-state index in [1.54, 1.807) is 0 Å². The summed E-state index contributed by atoms with van der Waals surface area (Å²) in [6.45, 7) is 6.54. The van der Waals surface area contributed by atoms with E-state index in [9.17, 15) is 0 Å². The molecule has 0 atom stereocenters. The molecule has 3 heteroatoms. The van der Waals surface area contributed by atoms with E-state index >= 15 is 0 Å². The number of piperazine rings is 1. The third kappa shape index (κ3) is 3.50. The minimum absolute atomic E-state index is 0.547. The van der Waals surface area contributed by atoms with Gasteiger partial charge in [0.05, 0.1) is 6.10 Å². The predicted octanol–water partition coefficient (Wildman–Crippen LogP) is 2.36. The van der Waals surface area contributed by atoms with Gasteiger partial charge in [-0.3, -0.25) is 4.90 Å². The summed E-state index contributed by atoms with van der Waals surface area (Å²) in [4.78, 5) is 5.42. The minimum atomic E-state index is 0.547. The van der Waals surface area contributed by atoms with E-state index in [2.05, 4.69) is 9.80 Å². The van der Waals surface area contributed by atoms with Gasteiger partial charge < -0.3 is 9.64 Å². The molecule has 110 valence electrons. The van der Waals surface area contributed by atoms with Crippen LogP contribution >= 0.6 is 0 Å². The third-order valence-corrected chi connectivity index (χ3v) is 5.57. The second-order valence-electron chi connectivity index (χ2n) is 6.82. The van der Waals surface area contributed by atoms with Crippen molar-refractivity contribution in [2.24, 2.45) is 5.92 Å². The van der Waals surface area contributed by atoms with Gasteiger partial charge >= 0.3 is 0 Å². The zero-order valence-corrected chi connectivity index (χ0v) is 12.5. The first-order valence-electron chi connectivity index (χ1n) is 8.34. The normalized spacial score (nSPS) is 35.2. The van der Waals surface area contributed by atoms with Crippen LogP contribution in [0, 0.1) is 5.92 Å². The Morgan fingerprint density at radius 1 is 0.947 bits per heavy atom. The third-order valence-electron chi connectivity index (χ3n) is 5.57. The van der Waals surface area contributed by atoms with E-state index in [0.29, 0.717) is 6.10 Å². The van der Waals surface area contributed by atoms with E-state index in [1.165, 1.54) is 77.7 Å². The van der Waals surface area contributed by atoms with Crippen LogP contribution in [-0.2, 0) is 4.74 Å². The quantitative estimate of drug-likeness (QED) is 0.777. The molecule has 0 spiro atoms. The lowest BCUT2D eigenvalue weighted by molar-refractivity contribution is -0.0415. The summed E-state index contributed by atoms with van der Waals surface area (Å²) in [6.07, 6.45) is 10.5. The Labute approximate surface area is 118 Å². The van der Waals surface area contributed by atoms with Crippen LogP contribution in [0.5, 0.6) is 0 Å². The van der Waals surface area contributed by atoms with Gasteiger partial charge in [-0.15, -0.1) is 0 Å². The summed E-state index contributed by atoms with van der Waals surface area (Å²) < 4.78 is 5.39. The molecule has 0 N–H and O–H groups in total. The van der Waals surface area contributed by atoms with Crippen LogP contribution in [0.1, 0.15) is 44.9 Å². The molecule has 3 fully saturated rings. The van der Waals surface area contributed by atoms with Crippen molar-refractivity contribution in [3.8, 4) is 0 Å². The van der Waals surface area contributed by atoms with Crippen LogP contribution in [0.2, 0.25) is 0 Å². The van der Waals surface area contributed by atoms with Gasteiger partial charge in [-0.25, -0.2) is 0 Å². The Morgan fingerprint density at radius 3 is 2.26 bits per heavy atom. The molecule has 0 unspecified atom stereocenters. The van der Waals surface area contributed by atoms with Crippen LogP contribution in [0.15, 0.2) is 0 Å². The van der Waals surface area contributed by atoms with Crippen molar-refractivity contribution in [3.05, 3.63) is 0 Å². The predicted molar refractivity (Wildman–Crippen MR) is 78.4 cm³/mol. The second-order valence-corrected chi connectivity index (χ2v) is 6.82. The fourth-order valence-corrected chi connectivity index (χ4v) is 4.07. The van der Waals surface area contributed by atoms with Crippen LogP contribution in [-0.4, -0.2) is 61.8 Å². The standard InChI is InChI=1S/C16H30N2O/c1-19-16-11-15(12-16)18-9-7-17(8-10-18)13-14-5-3-2-4-6-14/h14-16H,2-13H2,1H3. The summed E-state index contributed by atoms with van der Waals surface area (Å²) in [5, 5.41) is 0. The van der Waals surface area contributed by atoms with Gasteiger partial charge in [0.2, 0.25) is 0 Å². The molecule has 0 amide bonds. The first-order chi connectivity index (χ1) is 9.35. The number of methoxy groups -OCH3 is 1. The first kappa shape index (κ1) is 13.8. The molecule has 2 saturated carbocycles. The van der Waals surface area contributed by atoms with Gasteiger partial charge in [-0.2, -0.15) is 0 Å². The fraction of sp³-hybridized carbons (Fsp3) is 1.00. The second kappa shape index (κ2) is 6.55. The highest BCUT2D eigenvalue weighted by atomic mass is 16.5. The Balaban J connectivity index is 1.35. The van der Waals surface area contributed by atoms with Gasteiger partial charge in [-0.05, 0) is 31.6 Å². The van der Waals surface area contributed by atoms with Crippen molar-refractivity contribution < 1.29 is 4.74 Å². The van der Waals surface area contributed by atoms with Crippen molar-refractivity contribution >= 4 is 0 Å². The lowest BCUT2D eigenvalue weighted by Gasteiger charge is -2.46. The Bertz CT molecular complexity index is 264. The van der Waals surface area contributed by atoms with E-state index in [-0.39, 0.29) is 0 Å². The maximum Gasteiger partial charge on any atom is 0.0601 e. The summed E-state index contributed by atoms with van der Waals surface area (Å²) in [6, 6.07) is 0.821. The summed E-state index contributed by atoms with van der Waals surface area (Å²) in [5.74, 6) is 1.00. The van der Waals surface area contributed by atoms with Crippen molar-refractivity contribution in [2.45, 2.75) is 57.1 Å². The fourth-order valence-electron chi connectivity index (χ4n) is 4.07. The van der Waals surface area contributed by atoms with Crippen LogP contribution < -0.4 is 0 Å². The molecule has 0 aromatic carbocycles. The average Bonchev–Trinajstić information content (AvgIpc) is 2.41. The van der Waals surface area contributed by atoms with Gasteiger partial charge in [0, 0.05) is 45.9 Å². The molecule has 0 aromatic heterocycles. The molecule has 3 nitrogen and oxygen atoms in total. The topological polar surface area (TPSA) is 15.7 Å². The van der Waals surface area contributed by atoms with Crippen molar-refractivity contribution in [1.29, 1.82) is 0 Å². The molecule has 1 saturated heterocycles. The lowest BCUT2D eigenvalue weighted by atomic mass is 9.87. The molecule has 3 rings (SSSR count). The largest absolute Gasteiger partial charge is 0.381 e. The molecule has 0 bridgehead atoms. The summed E-state index contributed by atoms with van der Waals surface area (Å²) in [7, 11) is 1.85. The summed E-state index contributed by atoms with van der Waals surface area (Å²) in [5.41, 5.74) is 0. The average molecular weight is 266 g/mol. The maximum absolute atomic E-state index is 5.39. The molecule has 0 aromatic rings. The molecule has 2 aliphatic carbocycles. The van der Waals surface area contributed by atoms with Crippen LogP contribution in [0.3, 0.4) is 0 Å². The number of nitrogens with zero attached hydrogens (tertiary/aromatic N) is 2.